The first-order chi connectivity index (χ1) is 15.0. The summed E-state index contributed by atoms with van der Waals surface area (Å²) in [7, 11) is 0. The van der Waals surface area contributed by atoms with Crippen LogP contribution >= 0.6 is 0 Å². The van der Waals surface area contributed by atoms with Gasteiger partial charge < -0.3 is 19.9 Å². The van der Waals surface area contributed by atoms with E-state index in [0.717, 1.165) is 55.5 Å². The van der Waals surface area contributed by atoms with Gasteiger partial charge in [-0.05, 0) is 49.9 Å². The summed E-state index contributed by atoms with van der Waals surface area (Å²) in [6.45, 7) is 6.28. The van der Waals surface area contributed by atoms with Gasteiger partial charge in [0.15, 0.2) is 0 Å². The number of ether oxygens (including phenoxy) is 1. The van der Waals surface area contributed by atoms with E-state index in [9.17, 15) is 9.59 Å². The van der Waals surface area contributed by atoms with Crippen molar-refractivity contribution in [3.8, 4) is 5.75 Å². The van der Waals surface area contributed by atoms with Crippen LogP contribution in [0.1, 0.15) is 41.4 Å². The number of aromatic nitrogens is 1. The number of rotatable bonds is 6. The van der Waals surface area contributed by atoms with Gasteiger partial charge in [-0.2, -0.15) is 0 Å². The second-order valence-electron chi connectivity index (χ2n) is 8.25. The van der Waals surface area contributed by atoms with Gasteiger partial charge in [0.25, 0.3) is 5.91 Å². The summed E-state index contributed by atoms with van der Waals surface area (Å²) in [4.78, 5) is 30.1. The number of hydrogen-bond donors (Lipinski definition) is 2. The van der Waals surface area contributed by atoms with Crippen LogP contribution in [0.2, 0.25) is 0 Å². The number of hydrogen-bond acceptors (Lipinski definition) is 4. The molecule has 1 aliphatic rings. The first kappa shape index (κ1) is 21.1. The Morgan fingerprint density at radius 1 is 1.13 bits per heavy atom. The highest BCUT2D eigenvalue weighted by Crippen LogP contribution is 2.27. The van der Waals surface area contributed by atoms with E-state index < -0.39 is 0 Å². The number of piperidine rings is 1. The van der Waals surface area contributed by atoms with Gasteiger partial charge in [0.05, 0.1) is 5.56 Å². The van der Waals surface area contributed by atoms with Crippen molar-refractivity contribution in [3.63, 3.8) is 0 Å². The molecular weight excluding hydrogens is 390 g/mol. The maximum atomic E-state index is 13.1. The Hall–Kier alpha value is -3.12. The predicted octanol–water partition coefficient (Wildman–Crippen LogP) is 3.84. The molecule has 0 saturated carbocycles. The van der Waals surface area contributed by atoms with Crippen molar-refractivity contribution in [2.75, 3.05) is 19.6 Å². The highest BCUT2D eigenvalue weighted by atomic mass is 16.5. The van der Waals surface area contributed by atoms with Crippen LogP contribution in [0, 0.1) is 6.92 Å². The molecule has 1 amide bonds. The van der Waals surface area contributed by atoms with Crippen LogP contribution in [0.25, 0.3) is 10.9 Å². The summed E-state index contributed by atoms with van der Waals surface area (Å²) in [5.74, 6) is -0.0112. The number of esters is 1. The number of nitrogens with one attached hydrogen (secondary N) is 2. The summed E-state index contributed by atoms with van der Waals surface area (Å²) in [6, 6.07) is 16.0. The van der Waals surface area contributed by atoms with Crippen molar-refractivity contribution < 1.29 is 14.3 Å². The fraction of sp³-hybridized carbons (Fsp3) is 0.360. The molecule has 0 aliphatic carbocycles. The van der Waals surface area contributed by atoms with E-state index in [1.165, 1.54) is 12.5 Å². The number of nitrogens with zero attached hydrogens (tertiary/aromatic N) is 1. The average molecular weight is 420 g/mol. The number of H-pyrrole nitrogens is 1. The van der Waals surface area contributed by atoms with Gasteiger partial charge in [-0.15, -0.1) is 0 Å². The molecule has 1 saturated heterocycles. The summed E-state index contributed by atoms with van der Waals surface area (Å²) < 4.78 is 5.19. The van der Waals surface area contributed by atoms with Gasteiger partial charge in [0, 0.05) is 49.2 Å². The molecule has 1 aromatic heterocycles. The van der Waals surface area contributed by atoms with E-state index in [1.807, 2.05) is 19.1 Å². The molecule has 0 atom stereocenters. The van der Waals surface area contributed by atoms with E-state index in [-0.39, 0.29) is 17.9 Å². The predicted molar refractivity (Wildman–Crippen MR) is 121 cm³/mol. The topological polar surface area (TPSA) is 74.4 Å². The van der Waals surface area contributed by atoms with Gasteiger partial charge in [-0.3, -0.25) is 9.59 Å². The maximum Gasteiger partial charge on any atom is 0.308 e. The van der Waals surface area contributed by atoms with Gasteiger partial charge in [-0.25, -0.2) is 0 Å². The summed E-state index contributed by atoms with van der Waals surface area (Å²) in [6.07, 6.45) is 2.94. The maximum absolute atomic E-state index is 13.1. The number of aryl methyl sites for hydroxylation is 1. The van der Waals surface area contributed by atoms with Crippen molar-refractivity contribution in [2.24, 2.45) is 0 Å². The Morgan fingerprint density at radius 3 is 2.58 bits per heavy atom. The van der Waals surface area contributed by atoms with Crippen LogP contribution < -0.4 is 10.1 Å². The molecule has 6 nitrogen and oxygen atoms in total. The second-order valence-corrected chi connectivity index (χ2v) is 8.25. The number of carbonyl (C=O) groups is 2. The average Bonchev–Trinajstić information content (AvgIpc) is 3.08. The summed E-state index contributed by atoms with van der Waals surface area (Å²) in [5, 5.41) is 3.99. The third-order valence-corrected chi connectivity index (χ3v) is 5.93. The minimum Gasteiger partial charge on any atom is -0.427 e. The molecule has 4 rings (SSSR count). The zero-order chi connectivity index (χ0) is 21.8. The Morgan fingerprint density at radius 2 is 1.87 bits per heavy atom. The molecule has 1 aliphatic heterocycles. The monoisotopic (exact) mass is 419 g/mol. The first-order valence-electron chi connectivity index (χ1n) is 10.9. The van der Waals surface area contributed by atoms with Crippen molar-refractivity contribution in [2.45, 2.75) is 39.2 Å². The minimum atomic E-state index is -0.378. The number of carbonyl (C=O) groups excluding carboxylic acids is 2. The highest BCUT2D eigenvalue weighted by molar-refractivity contribution is 6.08. The van der Waals surface area contributed by atoms with Gasteiger partial charge in [0.1, 0.15) is 5.75 Å². The summed E-state index contributed by atoms with van der Waals surface area (Å²) in [5.41, 5.74) is 3.65. The molecule has 0 spiro atoms. The Balaban J connectivity index is 1.36. The second kappa shape index (κ2) is 9.35. The molecule has 0 unspecified atom stereocenters. The SMILES string of the molecule is CC(=O)Oc1ccc2[nH]c(C)c(C(=O)NC3CCN(CCc4ccccc4)CC3)c2c1. The van der Waals surface area contributed by atoms with Crippen LogP contribution in [-0.2, 0) is 11.2 Å². The highest BCUT2D eigenvalue weighted by Gasteiger charge is 2.23. The molecule has 2 heterocycles. The van der Waals surface area contributed by atoms with Crippen LogP contribution in [-0.4, -0.2) is 47.4 Å². The number of amides is 1. The summed E-state index contributed by atoms with van der Waals surface area (Å²) >= 11 is 0. The van der Waals surface area contributed by atoms with Crippen molar-refractivity contribution in [1.29, 1.82) is 0 Å². The zero-order valence-corrected chi connectivity index (χ0v) is 18.1. The smallest absolute Gasteiger partial charge is 0.308 e. The van der Waals surface area contributed by atoms with Crippen molar-refractivity contribution >= 4 is 22.8 Å². The third kappa shape index (κ3) is 5.14. The minimum absolute atomic E-state index is 0.0774. The number of benzene rings is 2. The van der Waals surface area contributed by atoms with Gasteiger partial charge >= 0.3 is 5.97 Å². The fourth-order valence-corrected chi connectivity index (χ4v) is 4.32. The lowest BCUT2D eigenvalue weighted by molar-refractivity contribution is -0.131. The number of aromatic amines is 1. The Bertz CT molecular complexity index is 1070. The zero-order valence-electron chi connectivity index (χ0n) is 18.1. The van der Waals surface area contributed by atoms with Crippen LogP contribution in [0.15, 0.2) is 48.5 Å². The number of likely N-dealkylation sites (tertiary alicyclic amines) is 1. The lowest BCUT2D eigenvalue weighted by atomic mass is 10.0. The van der Waals surface area contributed by atoms with E-state index in [0.29, 0.717) is 11.3 Å². The van der Waals surface area contributed by atoms with Gasteiger partial charge in [0.2, 0.25) is 0 Å². The van der Waals surface area contributed by atoms with Crippen molar-refractivity contribution in [1.82, 2.24) is 15.2 Å². The van der Waals surface area contributed by atoms with Crippen LogP contribution in [0.5, 0.6) is 5.75 Å². The third-order valence-electron chi connectivity index (χ3n) is 5.93. The largest absolute Gasteiger partial charge is 0.427 e. The van der Waals surface area contributed by atoms with Crippen LogP contribution in [0.4, 0.5) is 0 Å². The molecular formula is C25H29N3O3. The molecule has 0 bridgehead atoms. The molecule has 2 aromatic carbocycles. The molecule has 162 valence electrons. The lowest BCUT2D eigenvalue weighted by Crippen LogP contribution is -2.45. The van der Waals surface area contributed by atoms with E-state index >= 15 is 0 Å². The van der Waals surface area contributed by atoms with E-state index in [1.54, 1.807) is 12.1 Å². The standard InChI is InChI=1S/C25H29N3O3/c1-17-24(22-16-21(31-18(2)29)8-9-23(22)26-17)25(30)27-20-11-14-28(15-12-20)13-10-19-6-4-3-5-7-19/h3-9,16,20,26H,10-15H2,1-2H3,(H,27,30). The van der Waals surface area contributed by atoms with Crippen molar-refractivity contribution in [3.05, 3.63) is 65.4 Å². The molecule has 2 N–H and O–H groups in total. The fourth-order valence-electron chi connectivity index (χ4n) is 4.32. The Labute approximate surface area is 182 Å². The molecule has 1 fully saturated rings. The number of fused-ring (bicyclic) bond motifs is 1. The first-order valence-corrected chi connectivity index (χ1v) is 10.9. The quantitative estimate of drug-likeness (QED) is 0.470. The van der Waals surface area contributed by atoms with E-state index in [4.69, 9.17) is 4.74 Å². The van der Waals surface area contributed by atoms with E-state index in [2.05, 4.69) is 39.5 Å². The molecule has 31 heavy (non-hydrogen) atoms. The lowest BCUT2D eigenvalue weighted by Gasteiger charge is -2.32. The van der Waals surface area contributed by atoms with Crippen LogP contribution in [0.3, 0.4) is 0 Å². The van der Waals surface area contributed by atoms with Gasteiger partial charge in [-0.1, -0.05) is 30.3 Å². The molecule has 3 aromatic rings. The molecule has 6 heteroatoms. The normalized spacial score (nSPS) is 15.2. The molecule has 0 radical (unpaired) electrons. The Kier molecular flexibility index (Phi) is 6.37.